The zero-order chi connectivity index (χ0) is 17.3. The van der Waals surface area contributed by atoms with Gasteiger partial charge in [0.1, 0.15) is 0 Å². The molecule has 0 radical (unpaired) electrons. The molecule has 0 atom stereocenters. The largest absolute Gasteiger partial charge is 0.345 e. The van der Waals surface area contributed by atoms with Crippen LogP contribution < -0.4 is 16.1 Å². The molecule has 0 bridgehead atoms. The molecule has 132 valence electrons. The Bertz CT molecular complexity index is 439. The average Bonchev–Trinajstić information content (AvgIpc) is 2.37. The van der Waals surface area contributed by atoms with E-state index in [1.54, 1.807) is 0 Å². The summed E-state index contributed by atoms with van der Waals surface area (Å²) in [7, 11) is 2.05. The van der Waals surface area contributed by atoms with E-state index in [2.05, 4.69) is 48.7 Å². The molecule has 0 spiro atoms. The standard InChI is InChI=1S/C16H31N5O2/c1-15(2)10-12(11-16(3,4)19-15)17-13(22)14(23)18-21-8-6-20(5)7-9-21/h12,19H,6-11H2,1-5H3,(H,17,22)(H,18,23). The Kier molecular flexibility index (Phi) is 5.33. The minimum Gasteiger partial charge on any atom is -0.345 e. The van der Waals surface area contributed by atoms with E-state index in [1.807, 2.05) is 12.1 Å². The average molecular weight is 325 g/mol. The summed E-state index contributed by atoms with van der Waals surface area (Å²) in [6.45, 7) is 11.7. The van der Waals surface area contributed by atoms with Gasteiger partial charge < -0.3 is 15.5 Å². The first-order chi connectivity index (χ1) is 10.6. The predicted molar refractivity (Wildman–Crippen MR) is 89.7 cm³/mol. The molecule has 2 heterocycles. The SMILES string of the molecule is CN1CCN(NC(=O)C(=O)NC2CC(C)(C)NC(C)(C)C2)CC1. The highest BCUT2D eigenvalue weighted by molar-refractivity contribution is 6.35. The highest BCUT2D eigenvalue weighted by atomic mass is 16.2. The molecule has 0 aromatic heterocycles. The second-order valence-corrected chi connectivity index (χ2v) is 8.20. The van der Waals surface area contributed by atoms with Crippen molar-refractivity contribution in [3.8, 4) is 0 Å². The maximum atomic E-state index is 12.2. The molecule has 2 rings (SSSR count). The minimum atomic E-state index is -0.566. The van der Waals surface area contributed by atoms with Crippen molar-refractivity contribution in [2.24, 2.45) is 0 Å². The van der Waals surface area contributed by atoms with E-state index < -0.39 is 11.8 Å². The van der Waals surface area contributed by atoms with Crippen molar-refractivity contribution in [2.75, 3.05) is 33.2 Å². The van der Waals surface area contributed by atoms with Crippen molar-refractivity contribution in [3.63, 3.8) is 0 Å². The van der Waals surface area contributed by atoms with Crippen molar-refractivity contribution in [3.05, 3.63) is 0 Å². The summed E-state index contributed by atoms with van der Waals surface area (Å²) in [5, 5.41) is 8.29. The molecule has 2 fully saturated rings. The number of carbonyl (C=O) groups excluding carboxylic acids is 2. The molecule has 0 saturated carbocycles. The Labute approximate surface area is 139 Å². The third-order valence-corrected chi connectivity index (χ3v) is 4.49. The Morgan fingerprint density at radius 1 is 0.957 bits per heavy atom. The van der Waals surface area contributed by atoms with Crippen LogP contribution in [0.1, 0.15) is 40.5 Å². The van der Waals surface area contributed by atoms with E-state index >= 15 is 0 Å². The van der Waals surface area contributed by atoms with E-state index in [-0.39, 0.29) is 17.1 Å². The maximum Gasteiger partial charge on any atom is 0.323 e. The fourth-order valence-electron chi connectivity index (χ4n) is 3.79. The van der Waals surface area contributed by atoms with Crippen LogP contribution in [0.4, 0.5) is 0 Å². The molecule has 2 aliphatic rings. The highest BCUT2D eigenvalue weighted by Gasteiger charge is 2.38. The van der Waals surface area contributed by atoms with Crippen LogP contribution in [0.25, 0.3) is 0 Å². The fraction of sp³-hybridized carbons (Fsp3) is 0.875. The molecular formula is C16H31N5O2. The number of nitrogens with zero attached hydrogens (tertiary/aromatic N) is 2. The number of hydrogen-bond acceptors (Lipinski definition) is 5. The second-order valence-electron chi connectivity index (χ2n) is 8.20. The molecule has 0 unspecified atom stereocenters. The summed E-state index contributed by atoms with van der Waals surface area (Å²) in [6, 6.07) is 0.00647. The van der Waals surface area contributed by atoms with Gasteiger partial charge in [0.15, 0.2) is 0 Å². The van der Waals surface area contributed by atoms with Crippen LogP contribution in [0.5, 0.6) is 0 Å². The zero-order valence-corrected chi connectivity index (χ0v) is 15.0. The first kappa shape index (κ1) is 18.2. The van der Waals surface area contributed by atoms with Gasteiger partial charge in [-0.25, -0.2) is 5.01 Å². The maximum absolute atomic E-state index is 12.2. The minimum absolute atomic E-state index is 0.00647. The first-order valence-corrected chi connectivity index (χ1v) is 8.41. The van der Waals surface area contributed by atoms with Gasteiger partial charge >= 0.3 is 11.8 Å². The van der Waals surface area contributed by atoms with E-state index in [9.17, 15) is 9.59 Å². The lowest BCUT2D eigenvalue weighted by molar-refractivity contribution is -0.143. The number of hydrazine groups is 1. The van der Waals surface area contributed by atoms with Crippen LogP contribution in [0, 0.1) is 0 Å². The van der Waals surface area contributed by atoms with Crippen molar-refractivity contribution in [1.82, 2.24) is 26.0 Å². The van der Waals surface area contributed by atoms with Gasteiger partial charge in [0.2, 0.25) is 0 Å². The summed E-state index contributed by atoms with van der Waals surface area (Å²) in [4.78, 5) is 26.5. The van der Waals surface area contributed by atoms with Gasteiger partial charge in [-0.2, -0.15) is 0 Å². The number of piperazine rings is 1. The van der Waals surface area contributed by atoms with Crippen molar-refractivity contribution >= 4 is 11.8 Å². The number of piperidine rings is 1. The van der Waals surface area contributed by atoms with Crippen LogP contribution in [0.15, 0.2) is 0 Å². The van der Waals surface area contributed by atoms with Gasteiger partial charge in [-0.3, -0.25) is 15.0 Å². The summed E-state index contributed by atoms with van der Waals surface area (Å²) < 4.78 is 0. The number of rotatable bonds is 2. The van der Waals surface area contributed by atoms with E-state index in [0.717, 1.165) is 39.0 Å². The monoisotopic (exact) mass is 325 g/mol. The van der Waals surface area contributed by atoms with E-state index in [4.69, 9.17) is 0 Å². The normalized spacial score (nSPS) is 25.8. The number of likely N-dealkylation sites (N-methyl/N-ethyl adjacent to an activating group) is 1. The lowest BCUT2D eigenvalue weighted by Crippen LogP contribution is -2.63. The lowest BCUT2D eigenvalue weighted by Gasteiger charge is -2.46. The molecular weight excluding hydrogens is 294 g/mol. The van der Waals surface area contributed by atoms with Crippen molar-refractivity contribution in [1.29, 1.82) is 0 Å². The zero-order valence-electron chi connectivity index (χ0n) is 15.0. The first-order valence-electron chi connectivity index (χ1n) is 8.41. The molecule has 0 aromatic carbocycles. The number of nitrogens with one attached hydrogen (secondary N) is 3. The van der Waals surface area contributed by atoms with Crippen molar-refractivity contribution in [2.45, 2.75) is 57.7 Å². The quantitative estimate of drug-likeness (QED) is 0.607. The molecule has 7 nitrogen and oxygen atoms in total. The van der Waals surface area contributed by atoms with Gasteiger partial charge in [0, 0.05) is 43.3 Å². The summed E-state index contributed by atoms with van der Waals surface area (Å²) in [6.07, 6.45) is 1.62. The summed E-state index contributed by atoms with van der Waals surface area (Å²) in [5.74, 6) is -1.11. The van der Waals surface area contributed by atoms with Crippen LogP contribution in [0.3, 0.4) is 0 Å². The van der Waals surface area contributed by atoms with Gasteiger partial charge in [0.25, 0.3) is 0 Å². The van der Waals surface area contributed by atoms with Crippen LogP contribution >= 0.6 is 0 Å². The molecule has 2 amide bonds. The molecule has 7 heteroatoms. The summed E-state index contributed by atoms with van der Waals surface area (Å²) >= 11 is 0. The Balaban J connectivity index is 1.84. The number of amides is 2. The van der Waals surface area contributed by atoms with E-state index in [1.165, 1.54) is 0 Å². The number of hydrogen-bond donors (Lipinski definition) is 3. The molecule has 0 aliphatic carbocycles. The van der Waals surface area contributed by atoms with Gasteiger partial charge in [-0.1, -0.05) is 0 Å². The van der Waals surface area contributed by atoms with Crippen LogP contribution in [-0.4, -0.2) is 72.1 Å². The van der Waals surface area contributed by atoms with Gasteiger partial charge in [-0.05, 0) is 47.6 Å². The Morgan fingerprint density at radius 3 is 2.00 bits per heavy atom. The third-order valence-electron chi connectivity index (χ3n) is 4.49. The Morgan fingerprint density at radius 2 is 1.48 bits per heavy atom. The fourth-order valence-corrected chi connectivity index (χ4v) is 3.79. The second kappa shape index (κ2) is 6.75. The molecule has 23 heavy (non-hydrogen) atoms. The smallest absolute Gasteiger partial charge is 0.323 e. The Hall–Kier alpha value is -1.18. The third kappa shape index (κ3) is 5.44. The number of carbonyl (C=O) groups is 2. The molecule has 2 saturated heterocycles. The van der Waals surface area contributed by atoms with Gasteiger partial charge in [-0.15, -0.1) is 0 Å². The summed E-state index contributed by atoms with van der Waals surface area (Å²) in [5.41, 5.74) is 2.59. The van der Waals surface area contributed by atoms with Crippen LogP contribution in [-0.2, 0) is 9.59 Å². The van der Waals surface area contributed by atoms with E-state index in [0.29, 0.717) is 0 Å². The van der Waals surface area contributed by atoms with Gasteiger partial charge in [0.05, 0.1) is 0 Å². The predicted octanol–water partition coefficient (Wildman–Crippen LogP) is -0.310. The molecule has 2 aliphatic heterocycles. The van der Waals surface area contributed by atoms with Crippen LogP contribution in [0.2, 0.25) is 0 Å². The molecule has 3 N–H and O–H groups in total. The molecule has 0 aromatic rings. The highest BCUT2D eigenvalue weighted by Crippen LogP contribution is 2.28. The lowest BCUT2D eigenvalue weighted by atomic mass is 9.79. The topological polar surface area (TPSA) is 76.7 Å². The van der Waals surface area contributed by atoms with Crippen molar-refractivity contribution < 1.29 is 9.59 Å².